The van der Waals surface area contributed by atoms with Crippen LogP contribution in [0.25, 0.3) is 11.1 Å². The zero-order valence-corrected chi connectivity index (χ0v) is 16.0. The van der Waals surface area contributed by atoms with Crippen LogP contribution in [0.4, 0.5) is 11.4 Å². The number of hydrogen-bond donors (Lipinski definition) is 3. The van der Waals surface area contributed by atoms with Gasteiger partial charge in [-0.25, -0.2) is 0 Å². The van der Waals surface area contributed by atoms with Gasteiger partial charge < -0.3 is 21.1 Å². The van der Waals surface area contributed by atoms with Crippen molar-refractivity contribution >= 4 is 35.2 Å². The molecule has 4 N–H and O–H groups in total. The van der Waals surface area contributed by atoms with Gasteiger partial charge in [0.2, 0.25) is 0 Å². The third-order valence-electron chi connectivity index (χ3n) is 4.48. The number of rotatable bonds is 7. The maximum absolute atomic E-state index is 10.9. The Morgan fingerprint density at radius 1 is 1.35 bits per heavy atom. The number of nitrogen functional groups attached to an aromatic ring is 1. The molecule has 0 radical (unpaired) electrons. The van der Waals surface area contributed by atoms with Crippen molar-refractivity contribution in [2.24, 2.45) is 0 Å². The molecule has 0 aliphatic heterocycles. The molecular weight excluding hydrogens is 350 g/mol. The van der Waals surface area contributed by atoms with E-state index in [1.807, 2.05) is 31.3 Å². The number of anilines is 2. The standard InChI is InChI=1S/C20H24ClN3O2/c1-12(2)24(3)19-10-17(21)14(5-7-20(25)26)9-16(19)13-4-6-18(23)15(8-13)11-22/h4,6,8-12,22H,5,7,23H2,1-3H3,(H,25,26). The highest BCUT2D eigenvalue weighted by Crippen LogP contribution is 2.37. The molecule has 0 bridgehead atoms. The monoisotopic (exact) mass is 373 g/mol. The summed E-state index contributed by atoms with van der Waals surface area (Å²) in [4.78, 5) is 13.0. The fourth-order valence-electron chi connectivity index (χ4n) is 2.71. The molecule has 0 spiro atoms. The van der Waals surface area contributed by atoms with Gasteiger partial charge in [0, 0.05) is 53.2 Å². The molecule has 138 valence electrons. The molecule has 0 aromatic heterocycles. The summed E-state index contributed by atoms with van der Waals surface area (Å²) in [6, 6.07) is 9.63. The van der Waals surface area contributed by atoms with Crippen LogP contribution in [-0.4, -0.2) is 30.4 Å². The maximum atomic E-state index is 10.9. The van der Waals surface area contributed by atoms with E-state index in [4.69, 9.17) is 27.9 Å². The number of nitrogens with one attached hydrogen (secondary N) is 1. The van der Waals surface area contributed by atoms with E-state index in [0.29, 0.717) is 22.7 Å². The minimum atomic E-state index is -0.857. The topological polar surface area (TPSA) is 90.4 Å². The van der Waals surface area contributed by atoms with Crippen LogP contribution in [0.3, 0.4) is 0 Å². The second-order valence-electron chi connectivity index (χ2n) is 6.55. The predicted molar refractivity (Wildman–Crippen MR) is 109 cm³/mol. The van der Waals surface area contributed by atoms with Crippen LogP contribution in [0.1, 0.15) is 31.4 Å². The molecule has 0 fully saturated rings. The van der Waals surface area contributed by atoms with Gasteiger partial charge in [-0.1, -0.05) is 17.7 Å². The maximum Gasteiger partial charge on any atom is 0.303 e. The molecule has 0 unspecified atom stereocenters. The SMILES string of the molecule is CC(C)N(C)c1cc(Cl)c(CCC(=O)O)cc1-c1ccc(N)c(C=N)c1. The smallest absolute Gasteiger partial charge is 0.303 e. The highest BCUT2D eigenvalue weighted by atomic mass is 35.5. The summed E-state index contributed by atoms with van der Waals surface area (Å²) < 4.78 is 0. The number of carboxylic acids is 1. The highest BCUT2D eigenvalue weighted by Gasteiger charge is 2.17. The van der Waals surface area contributed by atoms with Crippen molar-refractivity contribution < 1.29 is 9.90 Å². The minimum absolute atomic E-state index is 0.0199. The molecule has 0 saturated carbocycles. The quantitative estimate of drug-likeness (QED) is 0.494. The number of nitrogens with two attached hydrogens (primary N) is 1. The highest BCUT2D eigenvalue weighted by molar-refractivity contribution is 6.32. The van der Waals surface area contributed by atoms with Gasteiger partial charge in [-0.05, 0) is 55.7 Å². The second kappa shape index (κ2) is 8.23. The van der Waals surface area contributed by atoms with Gasteiger partial charge >= 0.3 is 5.97 Å². The zero-order valence-electron chi connectivity index (χ0n) is 15.2. The van der Waals surface area contributed by atoms with Crippen molar-refractivity contribution in [2.75, 3.05) is 17.7 Å². The molecule has 0 atom stereocenters. The normalized spacial score (nSPS) is 10.8. The molecule has 2 aromatic rings. The Kier molecular flexibility index (Phi) is 6.27. The second-order valence-corrected chi connectivity index (χ2v) is 6.95. The molecule has 0 heterocycles. The number of nitrogens with zero attached hydrogens (tertiary/aromatic N) is 1. The first-order valence-electron chi connectivity index (χ1n) is 8.42. The number of aliphatic carboxylic acids is 1. The number of carboxylic acid groups (broad SMARTS) is 1. The average molecular weight is 374 g/mol. The van der Waals surface area contributed by atoms with Crippen molar-refractivity contribution in [3.8, 4) is 11.1 Å². The van der Waals surface area contributed by atoms with Gasteiger partial charge in [-0.15, -0.1) is 0 Å². The van der Waals surface area contributed by atoms with Crippen LogP contribution < -0.4 is 10.6 Å². The van der Waals surface area contributed by atoms with E-state index in [9.17, 15) is 4.79 Å². The van der Waals surface area contributed by atoms with E-state index in [1.165, 1.54) is 6.21 Å². The molecule has 2 rings (SSSR count). The van der Waals surface area contributed by atoms with Crippen LogP contribution in [-0.2, 0) is 11.2 Å². The fourth-order valence-corrected chi connectivity index (χ4v) is 2.96. The van der Waals surface area contributed by atoms with Gasteiger partial charge in [-0.2, -0.15) is 0 Å². The minimum Gasteiger partial charge on any atom is -0.481 e. The first kappa shape index (κ1) is 19.8. The Labute approximate surface area is 158 Å². The number of aryl methyl sites for hydroxylation is 1. The van der Waals surface area contributed by atoms with E-state index >= 15 is 0 Å². The molecule has 0 aliphatic carbocycles. The molecule has 6 heteroatoms. The summed E-state index contributed by atoms with van der Waals surface area (Å²) in [5.74, 6) is -0.857. The van der Waals surface area contributed by atoms with E-state index in [2.05, 4.69) is 18.7 Å². The van der Waals surface area contributed by atoms with E-state index in [-0.39, 0.29) is 12.5 Å². The summed E-state index contributed by atoms with van der Waals surface area (Å²) in [5.41, 5.74) is 10.7. The third-order valence-corrected chi connectivity index (χ3v) is 4.83. The van der Waals surface area contributed by atoms with Gasteiger partial charge in [-0.3, -0.25) is 4.79 Å². The molecule has 26 heavy (non-hydrogen) atoms. The molecule has 0 amide bonds. The predicted octanol–water partition coefficient (Wildman–Crippen LogP) is 4.45. The van der Waals surface area contributed by atoms with Crippen LogP contribution in [0.15, 0.2) is 30.3 Å². The van der Waals surface area contributed by atoms with Crippen molar-refractivity contribution in [1.29, 1.82) is 5.41 Å². The number of benzene rings is 2. The molecule has 5 nitrogen and oxygen atoms in total. The lowest BCUT2D eigenvalue weighted by Crippen LogP contribution is -2.26. The number of carbonyl (C=O) groups is 1. The summed E-state index contributed by atoms with van der Waals surface area (Å²) in [5, 5.41) is 17.1. The Morgan fingerprint density at radius 2 is 2.04 bits per heavy atom. The summed E-state index contributed by atoms with van der Waals surface area (Å²) in [7, 11) is 1.99. The molecule has 0 saturated heterocycles. The molecule has 2 aromatic carbocycles. The van der Waals surface area contributed by atoms with Crippen molar-refractivity contribution in [2.45, 2.75) is 32.7 Å². The van der Waals surface area contributed by atoms with Gasteiger partial charge in [0.05, 0.1) is 0 Å². The van der Waals surface area contributed by atoms with E-state index < -0.39 is 5.97 Å². The lowest BCUT2D eigenvalue weighted by molar-refractivity contribution is -0.136. The Balaban J connectivity index is 2.64. The van der Waals surface area contributed by atoms with Gasteiger partial charge in [0.25, 0.3) is 0 Å². The van der Waals surface area contributed by atoms with E-state index in [0.717, 1.165) is 22.4 Å². The zero-order chi connectivity index (χ0) is 19.4. The van der Waals surface area contributed by atoms with E-state index in [1.54, 1.807) is 6.07 Å². The number of halogens is 1. The van der Waals surface area contributed by atoms with Crippen LogP contribution in [0.2, 0.25) is 5.02 Å². The molecular formula is C20H24ClN3O2. The largest absolute Gasteiger partial charge is 0.481 e. The summed E-state index contributed by atoms with van der Waals surface area (Å²) in [6.45, 7) is 4.17. The lowest BCUT2D eigenvalue weighted by Gasteiger charge is -2.28. The van der Waals surface area contributed by atoms with Crippen molar-refractivity contribution in [3.63, 3.8) is 0 Å². The van der Waals surface area contributed by atoms with Crippen molar-refractivity contribution in [3.05, 3.63) is 46.5 Å². The Morgan fingerprint density at radius 3 is 2.62 bits per heavy atom. The number of hydrogen-bond acceptors (Lipinski definition) is 4. The van der Waals surface area contributed by atoms with Crippen LogP contribution in [0, 0.1) is 5.41 Å². The summed E-state index contributed by atoms with van der Waals surface area (Å²) in [6.07, 6.45) is 1.61. The lowest BCUT2D eigenvalue weighted by atomic mass is 9.96. The third kappa shape index (κ3) is 4.35. The van der Waals surface area contributed by atoms with Crippen molar-refractivity contribution in [1.82, 2.24) is 0 Å². The first-order chi connectivity index (χ1) is 12.2. The fraction of sp³-hybridized carbons (Fsp3) is 0.300. The Bertz CT molecular complexity index is 834. The first-order valence-corrected chi connectivity index (χ1v) is 8.79. The Hall–Kier alpha value is -2.53. The van der Waals surface area contributed by atoms with Gasteiger partial charge in [0.1, 0.15) is 0 Å². The van der Waals surface area contributed by atoms with Crippen LogP contribution >= 0.6 is 11.6 Å². The van der Waals surface area contributed by atoms with Gasteiger partial charge in [0.15, 0.2) is 0 Å². The van der Waals surface area contributed by atoms with Crippen LogP contribution in [0.5, 0.6) is 0 Å². The average Bonchev–Trinajstić information content (AvgIpc) is 2.60. The summed E-state index contributed by atoms with van der Waals surface area (Å²) >= 11 is 6.43. The molecule has 0 aliphatic rings.